The molecule has 0 fully saturated rings. The van der Waals surface area contributed by atoms with Crippen LogP contribution in [0.15, 0.2) is 39.5 Å². The van der Waals surface area contributed by atoms with Gasteiger partial charge >= 0.3 is 5.63 Å². The zero-order valence-corrected chi connectivity index (χ0v) is 12.3. The maximum atomic E-state index is 12.1. The van der Waals surface area contributed by atoms with Crippen LogP contribution in [0.1, 0.15) is 10.4 Å². The summed E-state index contributed by atoms with van der Waals surface area (Å²) in [5, 5.41) is 20.2. The van der Waals surface area contributed by atoms with Crippen molar-refractivity contribution in [3.8, 4) is 17.1 Å². The number of hydrogen-bond acceptors (Lipinski definition) is 7. The highest BCUT2D eigenvalue weighted by atomic mass is 16.5. The van der Waals surface area contributed by atoms with Crippen LogP contribution in [0.5, 0.6) is 5.75 Å². The van der Waals surface area contributed by atoms with Crippen molar-refractivity contribution in [3.63, 3.8) is 0 Å². The number of rotatable bonds is 6. The maximum absolute atomic E-state index is 12.1. The molecule has 2 rings (SSSR count). The van der Waals surface area contributed by atoms with E-state index in [-0.39, 0.29) is 30.2 Å². The van der Waals surface area contributed by atoms with Crippen LogP contribution in [-0.4, -0.2) is 36.5 Å². The Bertz CT molecular complexity index is 739. The van der Waals surface area contributed by atoms with Gasteiger partial charge in [-0.05, 0) is 24.3 Å². The van der Waals surface area contributed by atoms with Gasteiger partial charge < -0.3 is 19.6 Å². The smallest absolute Gasteiger partial charge is 0.351 e. The molecular formula is C15H16N2O6. The van der Waals surface area contributed by atoms with E-state index in [0.717, 1.165) is 0 Å². The van der Waals surface area contributed by atoms with Crippen molar-refractivity contribution in [1.82, 2.24) is 5.32 Å². The predicted molar refractivity (Wildman–Crippen MR) is 81.8 cm³/mol. The number of anilines is 1. The molecule has 0 saturated heterocycles. The van der Waals surface area contributed by atoms with Gasteiger partial charge in [-0.3, -0.25) is 15.5 Å². The van der Waals surface area contributed by atoms with Gasteiger partial charge in [-0.25, -0.2) is 4.79 Å². The number of hydrogen-bond donors (Lipinski definition) is 4. The molecule has 0 radical (unpaired) electrons. The fourth-order valence-corrected chi connectivity index (χ4v) is 1.95. The van der Waals surface area contributed by atoms with E-state index in [1.54, 1.807) is 24.3 Å². The number of methoxy groups -OCH3 is 1. The van der Waals surface area contributed by atoms with Crippen LogP contribution in [0.3, 0.4) is 0 Å². The highest BCUT2D eigenvalue weighted by molar-refractivity contribution is 5.99. The van der Waals surface area contributed by atoms with Crippen molar-refractivity contribution in [3.05, 3.63) is 46.3 Å². The van der Waals surface area contributed by atoms with Crippen LogP contribution in [0.25, 0.3) is 11.3 Å². The number of amides is 1. The quantitative estimate of drug-likeness (QED) is 0.582. The normalized spacial score (nSPS) is 10.2. The summed E-state index contributed by atoms with van der Waals surface area (Å²) in [5.41, 5.74) is 1.01. The molecule has 23 heavy (non-hydrogen) atoms. The molecule has 1 aromatic heterocycles. The minimum Gasteiger partial charge on any atom is -0.497 e. The van der Waals surface area contributed by atoms with Crippen LogP contribution in [0.4, 0.5) is 5.69 Å². The van der Waals surface area contributed by atoms with E-state index < -0.39 is 11.5 Å². The van der Waals surface area contributed by atoms with Crippen LogP contribution < -0.4 is 21.2 Å². The molecule has 1 heterocycles. The van der Waals surface area contributed by atoms with Crippen LogP contribution in [0.2, 0.25) is 0 Å². The Labute approximate surface area is 131 Å². The molecule has 4 N–H and O–H groups in total. The Morgan fingerprint density at radius 2 is 2.00 bits per heavy atom. The Hall–Kier alpha value is -2.84. The number of aliphatic hydroxyl groups is 1. The van der Waals surface area contributed by atoms with Crippen molar-refractivity contribution in [2.24, 2.45) is 0 Å². The summed E-state index contributed by atoms with van der Waals surface area (Å²) in [6.45, 7) is -0.299. The third-order valence-electron chi connectivity index (χ3n) is 3.07. The standard InChI is InChI=1S/C15H16N2O6/c1-22-10-4-2-9(3-5-10)12-8-11(17-21)13(15(20)23-12)14(19)16-6-7-18/h2-5,8,17-18,21H,6-7H2,1H3,(H,16,19). The summed E-state index contributed by atoms with van der Waals surface area (Å²) in [6, 6.07) is 8.04. The molecule has 1 amide bonds. The molecule has 122 valence electrons. The summed E-state index contributed by atoms with van der Waals surface area (Å²) < 4.78 is 10.2. The first-order chi connectivity index (χ1) is 11.1. The highest BCUT2D eigenvalue weighted by Crippen LogP contribution is 2.25. The van der Waals surface area contributed by atoms with Crippen LogP contribution in [0, 0.1) is 0 Å². The van der Waals surface area contributed by atoms with Gasteiger partial charge in [0.15, 0.2) is 5.56 Å². The van der Waals surface area contributed by atoms with Crippen LogP contribution in [-0.2, 0) is 0 Å². The lowest BCUT2D eigenvalue weighted by atomic mass is 10.1. The number of ether oxygens (including phenoxy) is 1. The largest absolute Gasteiger partial charge is 0.497 e. The summed E-state index contributed by atoms with van der Waals surface area (Å²) in [4.78, 5) is 23.9. The van der Waals surface area contributed by atoms with Gasteiger partial charge in [0.1, 0.15) is 11.5 Å². The lowest BCUT2D eigenvalue weighted by Gasteiger charge is -2.09. The number of carbonyl (C=O) groups excluding carboxylic acids is 1. The van der Waals surface area contributed by atoms with Gasteiger partial charge in [0, 0.05) is 18.2 Å². The third kappa shape index (κ3) is 3.68. The summed E-state index contributed by atoms with van der Waals surface area (Å²) in [7, 11) is 1.53. The van der Waals surface area contributed by atoms with Crippen LogP contribution >= 0.6 is 0 Å². The molecule has 0 aliphatic heterocycles. The molecule has 0 unspecified atom stereocenters. The molecule has 0 aliphatic rings. The first-order valence-corrected chi connectivity index (χ1v) is 6.72. The van der Waals surface area contributed by atoms with E-state index in [1.807, 2.05) is 5.48 Å². The molecule has 1 aromatic carbocycles. The van der Waals surface area contributed by atoms with Crippen molar-refractivity contribution in [2.45, 2.75) is 0 Å². The average Bonchev–Trinajstić information content (AvgIpc) is 2.58. The minimum absolute atomic E-state index is 0.0244. The van der Waals surface area contributed by atoms with E-state index in [4.69, 9.17) is 14.3 Å². The zero-order valence-electron chi connectivity index (χ0n) is 12.3. The molecule has 2 aromatic rings. The Morgan fingerprint density at radius 1 is 1.30 bits per heavy atom. The predicted octanol–water partition coefficient (Wildman–Crippen LogP) is 0.839. The Morgan fingerprint density at radius 3 is 2.57 bits per heavy atom. The number of carbonyl (C=O) groups is 1. The number of benzene rings is 1. The van der Waals surface area contributed by atoms with Crippen molar-refractivity contribution < 1.29 is 24.3 Å². The van der Waals surface area contributed by atoms with Gasteiger partial charge in [0.05, 0.1) is 19.4 Å². The van der Waals surface area contributed by atoms with E-state index in [0.29, 0.717) is 11.3 Å². The third-order valence-corrected chi connectivity index (χ3v) is 3.07. The van der Waals surface area contributed by atoms with E-state index >= 15 is 0 Å². The number of aliphatic hydroxyl groups excluding tert-OH is 1. The van der Waals surface area contributed by atoms with Crippen molar-refractivity contribution in [2.75, 3.05) is 25.7 Å². The second-order valence-electron chi connectivity index (χ2n) is 4.51. The number of nitrogens with one attached hydrogen (secondary N) is 2. The van der Waals surface area contributed by atoms with Gasteiger partial charge in [-0.1, -0.05) is 0 Å². The first kappa shape index (κ1) is 16.5. The van der Waals surface area contributed by atoms with Gasteiger partial charge in [0.25, 0.3) is 5.91 Å². The minimum atomic E-state index is -0.912. The molecule has 0 aliphatic carbocycles. The molecular weight excluding hydrogens is 304 g/mol. The van der Waals surface area contributed by atoms with E-state index in [1.165, 1.54) is 13.2 Å². The molecule has 0 spiro atoms. The van der Waals surface area contributed by atoms with E-state index in [2.05, 4.69) is 5.32 Å². The first-order valence-electron chi connectivity index (χ1n) is 6.72. The van der Waals surface area contributed by atoms with E-state index in [9.17, 15) is 14.8 Å². The second-order valence-corrected chi connectivity index (χ2v) is 4.51. The summed E-state index contributed by atoms with van der Waals surface area (Å²) in [5.74, 6) is 0.0511. The highest BCUT2D eigenvalue weighted by Gasteiger charge is 2.19. The van der Waals surface area contributed by atoms with Gasteiger partial charge in [0.2, 0.25) is 0 Å². The maximum Gasteiger partial charge on any atom is 0.351 e. The van der Waals surface area contributed by atoms with Crippen molar-refractivity contribution >= 4 is 11.6 Å². The molecule has 8 nitrogen and oxygen atoms in total. The molecule has 8 heteroatoms. The van der Waals surface area contributed by atoms with Crippen molar-refractivity contribution in [1.29, 1.82) is 0 Å². The average molecular weight is 320 g/mol. The summed E-state index contributed by atoms with van der Waals surface area (Å²) in [6.07, 6.45) is 0. The second kappa shape index (κ2) is 7.43. The van der Waals surface area contributed by atoms with Gasteiger partial charge in [-0.15, -0.1) is 0 Å². The fourth-order valence-electron chi connectivity index (χ4n) is 1.95. The Kier molecular flexibility index (Phi) is 5.34. The Balaban J connectivity index is 2.42. The lowest BCUT2D eigenvalue weighted by molar-refractivity contribution is 0.0941. The summed E-state index contributed by atoms with van der Waals surface area (Å²) >= 11 is 0. The topological polar surface area (TPSA) is 121 Å². The fraction of sp³-hybridized carbons (Fsp3) is 0.200. The zero-order chi connectivity index (χ0) is 16.8. The van der Waals surface area contributed by atoms with Gasteiger partial charge in [-0.2, -0.15) is 0 Å². The molecule has 0 atom stereocenters. The molecule has 0 bridgehead atoms. The monoisotopic (exact) mass is 320 g/mol. The lowest BCUT2D eigenvalue weighted by Crippen LogP contribution is -2.31. The SMILES string of the molecule is COc1ccc(-c2cc(NO)c(C(=O)NCCO)c(=O)o2)cc1. The molecule has 0 saturated carbocycles.